The van der Waals surface area contributed by atoms with E-state index in [9.17, 15) is 18.0 Å². The molecule has 1 atom stereocenters. The molecular weight excluding hydrogens is 345 g/mol. The van der Waals surface area contributed by atoms with Gasteiger partial charge in [0.05, 0.1) is 5.69 Å². The Labute approximate surface area is 143 Å². The molecule has 0 fully saturated rings. The molecule has 0 aliphatic rings. The summed E-state index contributed by atoms with van der Waals surface area (Å²) in [4.78, 5) is 13.8. The molecule has 0 spiro atoms. The van der Waals surface area contributed by atoms with Gasteiger partial charge in [0.25, 0.3) is 5.91 Å². The monoisotopic (exact) mass is 362 g/mol. The SMILES string of the molecule is CC(CN)N(C)C(=O)c1cccc(-n2ccc(C(F)(F)F)n2)c1.Cl. The molecule has 2 rings (SSSR count). The Morgan fingerprint density at radius 2 is 2.04 bits per heavy atom. The van der Waals surface area contributed by atoms with Crippen molar-refractivity contribution >= 4 is 18.3 Å². The van der Waals surface area contributed by atoms with Crippen LogP contribution >= 0.6 is 12.4 Å². The van der Waals surface area contributed by atoms with E-state index in [2.05, 4.69) is 5.10 Å². The molecule has 0 aliphatic heterocycles. The first kappa shape index (κ1) is 20.0. The molecular formula is C15H18ClF3N4O. The van der Waals surface area contributed by atoms with Crippen LogP contribution in [0.5, 0.6) is 0 Å². The fourth-order valence-corrected chi connectivity index (χ4v) is 1.96. The Kier molecular flexibility index (Phi) is 6.39. The summed E-state index contributed by atoms with van der Waals surface area (Å²) >= 11 is 0. The van der Waals surface area contributed by atoms with Gasteiger partial charge in [-0.25, -0.2) is 4.68 Å². The Morgan fingerprint density at radius 1 is 1.38 bits per heavy atom. The number of aromatic nitrogens is 2. The lowest BCUT2D eigenvalue weighted by Crippen LogP contribution is -2.39. The molecule has 0 aliphatic carbocycles. The second-order valence-corrected chi connectivity index (χ2v) is 5.19. The van der Waals surface area contributed by atoms with Crippen molar-refractivity contribution in [3.05, 3.63) is 47.8 Å². The van der Waals surface area contributed by atoms with Crippen molar-refractivity contribution in [2.45, 2.75) is 19.1 Å². The lowest BCUT2D eigenvalue weighted by atomic mass is 10.1. The third-order valence-electron chi connectivity index (χ3n) is 3.56. The first-order valence-electron chi connectivity index (χ1n) is 6.94. The van der Waals surface area contributed by atoms with E-state index in [0.29, 0.717) is 17.8 Å². The van der Waals surface area contributed by atoms with Gasteiger partial charge in [-0.3, -0.25) is 4.79 Å². The smallest absolute Gasteiger partial charge is 0.338 e. The third kappa shape index (κ3) is 4.27. The molecule has 132 valence electrons. The second kappa shape index (κ2) is 7.67. The van der Waals surface area contributed by atoms with Crippen molar-refractivity contribution in [2.24, 2.45) is 5.73 Å². The van der Waals surface area contributed by atoms with Gasteiger partial charge in [0, 0.05) is 31.4 Å². The predicted octanol–water partition coefficient (Wildman–Crippen LogP) is 2.73. The van der Waals surface area contributed by atoms with E-state index in [1.807, 2.05) is 6.92 Å². The number of hydrogen-bond acceptors (Lipinski definition) is 3. The van der Waals surface area contributed by atoms with Gasteiger partial charge in [-0.05, 0) is 31.2 Å². The number of nitrogens with two attached hydrogens (primary N) is 1. The molecule has 2 N–H and O–H groups in total. The molecule has 0 saturated carbocycles. The molecule has 5 nitrogen and oxygen atoms in total. The highest BCUT2D eigenvalue weighted by Crippen LogP contribution is 2.28. The molecule has 1 amide bonds. The quantitative estimate of drug-likeness (QED) is 0.909. The van der Waals surface area contributed by atoms with Crippen LogP contribution in [0.15, 0.2) is 36.5 Å². The van der Waals surface area contributed by atoms with Crippen LogP contribution in [0.1, 0.15) is 23.0 Å². The van der Waals surface area contributed by atoms with E-state index in [-0.39, 0.29) is 24.4 Å². The molecule has 1 heterocycles. The van der Waals surface area contributed by atoms with Crippen LogP contribution in [-0.2, 0) is 6.18 Å². The van der Waals surface area contributed by atoms with Gasteiger partial charge < -0.3 is 10.6 Å². The second-order valence-electron chi connectivity index (χ2n) is 5.19. The molecule has 1 aromatic heterocycles. The maximum atomic E-state index is 12.6. The minimum absolute atomic E-state index is 0. The van der Waals surface area contributed by atoms with Crippen molar-refractivity contribution in [3.8, 4) is 5.69 Å². The van der Waals surface area contributed by atoms with Crippen molar-refractivity contribution in [1.29, 1.82) is 0 Å². The highest BCUT2D eigenvalue weighted by atomic mass is 35.5. The Balaban J connectivity index is 0.00000288. The van der Waals surface area contributed by atoms with E-state index >= 15 is 0 Å². The van der Waals surface area contributed by atoms with Gasteiger partial charge in [-0.2, -0.15) is 18.3 Å². The minimum atomic E-state index is -4.50. The normalized spacial score (nSPS) is 12.4. The van der Waals surface area contributed by atoms with Gasteiger partial charge >= 0.3 is 6.18 Å². The Morgan fingerprint density at radius 3 is 2.58 bits per heavy atom. The zero-order valence-corrected chi connectivity index (χ0v) is 13.9. The average Bonchev–Trinajstić information content (AvgIpc) is 3.03. The maximum Gasteiger partial charge on any atom is 0.435 e. The van der Waals surface area contributed by atoms with E-state index in [1.54, 1.807) is 25.2 Å². The summed E-state index contributed by atoms with van der Waals surface area (Å²) in [6.07, 6.45) is -3.30. The number of alkyl halides is 3. The fourth-order valence-electron chi connectivity index (χ4n) is 1.96. The fraction of sp³-hybridized carbons (Fsp3) is 0.333. The number of amides is 1. The summed E-state index contributed by atoms with van der Waals surface area (Å²) in [5.74, 6) is -0.256. The van der Waals surface area contributed by atoms with E-state index in [0.717, 1.165) is 10.7 Å². The van der Waals surface area contributed by atoms with E-state index < -0.39 is 11.9 Å². The standard InChI is InChI=1S/C15H17F3N4O.ClH/c1-10(9-19)21(2)14(23)11-4-3-5-12(8-11)22-7-6-13(20-22)15(16,17)18;/h3-8,10H,9,19H2,1-2H3;1H. The summed E-state index contributed by atoms with van der Waals surface area (Å²) in [5, 5.41) is 3.50. The van der Waals surface area contributed by atoms with E-state index in [4.69, 9.17) is 5.73 Å². The zero-order valence-electron chi connectivity index (χ0n) is 13.1. The number of benzene rings is 1. The third-order valence-corrected chi connectivity index (χ3v) is 3.56. The van der Waals surface area contributed by atoms with Crippen molar-refractivity contribution in [1.82, 2.24) is 14.7 Å². The van der Waals surface area contributed by atoms with Crippen molar-refractivity contribution < 1.29 is 18.0 Å². The van der Waals surface area contributed by atoms with Crippen LogP contribution in [0, 0.1) is 0 Å². The van der Waals surface area contributed by atoms with Crippen molar-refractivity contribution in [2.75, 3.05) is 13.6 Å². The van der Waals surface area contributed by atoms with Crippen LogP contribution in [0.2, 0.25) is 0 Å². The molecule has 0 bridgehead atoms. The molecule has 24 heavy (non-hydrogen) atoms. The van der Waals surface area contributed by atoms with Gasteiger partial charge in [0.15, 0.2) is 5.69 Å². The number of carbonyl (C=O) groups excluding carboxylic acids is 1. The van der Waals surface area contributed by atoms with Gasteiger partial charge in [0.2, 0.25) is 0 Å². The summed E-state index contributed by atoms with van der Waals surface area (Å²) in [5.41, 5.74) is 5.29. The largest absolute Gasteiger partial charge is 0.435 e. The average molecular weight is 363 g/mol. The number of likely N-dealkylation sites (N-methyl/N-ethyl adjacent to an activating group) is 1. The van der Waals surface area contributed by atoms with Crippen molar-refractivity contribution in [3.63, 3.8) is 0 Å². The first-order valence-corrected chi connectivity index (χ1v) is 6.94. The Bertz CT molecular complexity index is 702. The molecule has 0 saturated heterocycles. The zero-order chi connectivity index (χ0) is 17.2. The minimum Gasteiger partial charge on any atom is -0.338 e. The summed E-state index contributed by atoms with van der Waals surface area (Å²) < 4.78 is 38.9. The number of halogens is 4. The van der Waals surface area contributed by atoms with E-state index in [1.165, 1.54) is 17.2 Å². The summed E-state index contributed by atoms with van der Waals surface area (Å²) in [7, 11) is 1.63. The molecule has 0 radical (unpaired) electrons. The molecule has 1 aromatic carbocycles. The summed E-state index contributed by atoms with van der Waals surface area (Å²) in [6.45, 7) is 2.13. The van der Waals surface area contributed by atoms with Crippen LogP contribution in [0.4, 0.5) is 13.2 Å². The highest BCUT2D eigenvalue weighted by molar-refractivity contribution is 5.94. The number of carbonyl (C=O) groups is 1. The lowest BCUT2D eigenvalue weighted by Gasteiger charge is -2.23. The van der Waals surface area contributed by atoms with Crippen LogP contribution in [0.25, 0.3) is 5.69 Å². The summed E-state index contributed by atoms with van der Waals surface area (Å²) in [6, 6.07) is 7.01. The molecule has 1 unspecified atom stereocenters. The topological polar surface area (TPSA) is 64.2 Å². The highest BCUT2D eigenvalue weighted by Gasteiger charge is 2.33. The molecule has 2 aromatic rings. The van der Waals surface area contributed by atoms with Crippen LogP contribution in [0.3, 0.4) is 0 Å². The predicted molar refractivity (Wildman–Crippen MR) is 86.4 cm³/mol. The maximum absolute atomic E-state index is 12.6. The van der Waals surface area contributed by atoms with Crippen LogP contribution in [-0.4, -0.2) is 40.2 Å². The first-order chi connectivity index (χ1) is 10.7. The van der Waals surface area contributed by atoms with Gasteiger partial charge in [-0.1, -0.05) is 6.07 Å². The number of rotatable bonds is 4. The lowest BCUT2D eigenvalue weighted by molar-refractivity contribution is -0.141. The van der Waals surface area contributed by atoms with Crippen LogP contribution < -0.4 is 5.73 Å². The number of nitrogens with zero attached hydrogens (tertiary/aromatic N) is 3. The molecule has 9 heteroatoms. The van der Waals surface area contributed by atoms with Gasteiger partial charge in [0.1, 0.15) is 0 Å². The Hall–Kier alpha value is -2.06. The number of hydrogen-bond donors (Lipinski definition) is 1. The van der Waals surface area contributed by atoms with Gasteiger partial charge in [-0.15, -0.1) is 12.4 Å².